The monoisotopic (exact) mass is 213 g/mol. The minimum absolute atomic E-state index is 0.0406. The highest BCUT2D eigenvalue weighted by Crippen LogP contribution is 2.17. The average molecular weight is 213 g/mol. The summed E-state index contributed by atoms with van der Waals surface area (Å²) in [5, 5.41) is 2.53. The van der Waals surface area contributed by atoms with Crippen molar-refractivity contribution in [3.8, 4) is 0 Å². The molecule has 1 N–H and O–H groups in total. The van der Waals surface area contributed by atoms with E-state index in [1.165, 1.54) is 0 Å². The molecule has 5 nitrogen and oxygen atoms in total. The van der Waals surface area contributed by atoms with E-state index in [1.807, 2.05) is 20.8 Å². The molecule has 0 aromatic rings. The molecule has 1 saturated heterocycles. The van der Waals surface area contributed by atoms with E-state index < -0.39 is 0 Å². The largest absolute Gasteiger partial charge is 0.358 e. The number of carbonyl (C=O) groups is 2. The van der Waals surface area contributed by atoms with Crippen LogP contribution >= 0.6 is 0 Å². The van der Waals surface area contributed by atoms with Crippen molar-refractivity contribution in [2.45, 2.75) is 32.9 Å². The third-order valence-corrected chi connectivity index (χ3v) is 2.70. The highest BCUT2D eigenvalue weighted by atomic mass is 16.2. The van der Waals surface area contributed by atoms with E-state index in [9.17, 15) is 9.59 Å². The van der Waals surface area contributed by atoms with Crippen LogP contribution in [0.5, 0.6) is 0 Å². The first-order valence-corrected chi connectivity index (χ1v) is 5.25. The Labute approximate surface area is 90.4 Å². The molecule has 1 atom stereocenters. The molecule has 0 aliphatic carbocycles. The van der Waals surface area contributed by atoms with E-state index in [1.54, 1.807) is 16.8 Å². The zero-order chi connectivity index (χ0) is 11.6. The first-order chi connectivity index (χ1) is 6.97. The first kappa shape index (κ1) is 11.8. The Kier molecular flexibility index (Phi) is 3.55. The van der Waals surface area contributed by atoms with Crippen LogP contribution in [-0.2, 0) is 4.79 Å². The Hall–Kier alpha value is -1.26. The maximum Gasteiger partial charge on any atom is 0.321 e. The van der Waals surface area contributed by atoms with E-state index in [0.717, 1.165) is 0 Å². The van der Waals surface area contributed by atoms with Gasteiger partial charge in [0.15, 0.2) is 0 Å². The van der Waals surface area contributed by atoms with Crippen LogP contribution in [-0.4, -0.2) is 54.0 Å². The number of nitrogens with zero attached hydrogens (tertiary/aromatic N) is 2. The zero-order valence-corrected chi connectivity index (χ0v) is 9.78. The normalized spacial score (nSPS) is 21.4. The minimum Gasteiger partial charge on any atom is -0.358 e. The lowest BCUT2D eigenvalue weighted by Crippen LogP contribution is -2.42. The van der Waals surface area contributed by atoms with Crippen LogP contribution in [0.4, 0.5) is 4.79 Å². The van der Waals surface area contributed by atoms with Crippen LogP contribution in [0, 0.1) is 0 Å². The zero-order valence-electron chi connectivity index (χ0n) is 9.78. The van der Waals surface area contributed by atoms with E-state index in [2.05, 4.69) is 5.32 Å². The van der Waals surface area contributed by atoms with E-state index >= 15 is 0 Å². The fourth-order valence-corrected chi connectivity index (χ4v) is 1.70. The fourth-order valence-electron chi connectivity index (χ4n) is 1.70. The Morgan fingerprint density at radius 2 is 2.20 bits per heavy atom. The van der Waals surface area contributed by atoms with Crippen LogP contribution in [0.2, 0.25) is 0 Å². The molecular weight excluding hydrogens is 194 g/mol. The molecule has 1 aliphatic heterocycles. The highest BCUT2D eigenvalue weighted by molar-refractivity contribution is 5.85. The predicted octanol–water partition coefficient (Wildman–Crippen LogP) is 0.267. The van der Waals surface area contributed by atoms with E-state index in [-0.39, 0.29) is 30.6 Å². The van der Waals surface area contributed by atoms with Crippen LogP contribution in [0.15, 0.2) is 0 Å². The fraction of sp³-hybridized carbons (Fsp3) is 0.800. The van der Waals surface area contributed by atoms with Gasteiger partial charge in [-0.05, 0) is 20.8 Å². The maximum atomic E-state index is 11.9. The van der Waals surface area contributed by atoms with Crippen molar-refractivity contribution in [1.29, 1.82) is 0 Å². The molecule has 1 rings (SSSR count). The van der Waals surface area contributed by atoms with Crippen LogP contribution < -0.4 is 5.32 Å². The lowest BCUT2D eigenvalue weighted by Gasteiger charge is -2.21. The Morgan fingerprint density at radius 1 is 1.60 bits per heavy atom. The molecule has 0 spiro atoms. The molecule has 86 valence electrons. The van der Waals surface area contributed by atoms with Gasteiger partial charge in [0.25, 0.3) is 0 Å². The van der Waals surface area contributed by atoms with Gasteiger partial charge < -0.3 is 15.1 Å². The quantitative estimate of drug-likeness (QED) is 0.731. The van der Waals surface area contributed by atoms with Crippen molar-refractivity contribution in [1.82, 2.24) is 15.1 Å². The number of urea groups is 1. The van der Waals surface area contributed by atoms with Gasteiger partial charge in [-0.2, -0.15) is 0 Å². The molecule has 1 aliphatic rings. The summed E-state index contributed by atoms with van der Waals surface area (Å²) >= 11 is 0. The number of amides is 3. The molecule has 0 aromatic heterocycles. The maximum absolute atomic E-state index is 11.9. The third kappa shape index (κ3) is 2.40. The van der Waals surface area contributed by atoms with Crippen LogP contribution in [0.25, 0.3) is 0 Å². The summed E-state index contributed by atoms with van der Waals surface area (Å²) in [7, 11) is 1.58. The lowest BCUT2D eigenvalue weighted by molar-refractivity contribution is -0.121. The van der Waals surface area contributed by atoms with Gasteiger partial charge in [0, 0.05) is 25.7 Å². The first-order valence-electron chi connectivity index (χ1n) is 5.25. The summed E-state index contributed by atoms with van der Waals surface area (Å²) in [5.41, 5.74) is 0. The second-order valence-electron chi connectivity index (χ2n) is 4.18. The molecular formula is C10H19N3O2. The van der Waals surface area contributed by atoms with Gasteiger partial charge in [-0.15, -0.1) is 0 Å². The van der Waals surface area contributed by atoms with E-state index in [4.69, 9.17) is 0 Å². The van der Waals surface area contributed by atoms with Crippen molar-refractivity contribution in [3.05, 3.63) is 0 Å². The SMILES string of the molecule is CNC(=O)CN1C(=O)N(C(C)C)CC1C. The summed E-state index contributed by atoms with van der Waals surface area (Å²) in [6, 6.07) is 0.257. The molecule has 0 radical (unpaired) electrons. The summed E-state index contributed by atoms with van der Waals surface area (Å²) in [4.78, 5) is 26.5. The smallest absolute Gasteiger partial charge is 0.321 e. The summed E-state index contributed by atoms with van der Waals surface area (Å²) in [5.74, 6) is -0.124. The number of hydrogen-bond acceptors (Lipinski definition) is 2. The second kappa shape index (κ2) is 4.51. The number of rotatable bonds is 3. The number of carbonyl (C=O) groups excluding carboxylic acids is 2. The van der Waals surface area contributed by atoms with Crippen molar-refractivity contribution in [2.24, 2.45) is 0 Å². The summed E-state index contributed by atoms with van der Waals surface area (Å²) < 4.78 is 0. The molecule has 15 heavy (non-hydrogen) atoms. The van der Waals surface area contributed by atoms with Gasteiger partial charge in [-0.3, -0.25) is 4.79 Å². The van der Waals surface area contributed by atoms with Crippen molar-refractivity contribution < 1.29 is 9.59 Å². The molecule has 1 unspecified atom stereocenters. The Bertz CT molecular complexity index is 265. The van der Waals surface area contributed by atoms with Gasteiger partial charge in [-0.1, -0.05) is 0 Å². The highest BCUT2D eigenvalue weighted by Gasteiger charge is 2.36. The number of likely N-dealkylation sites (N-methyl/N-ethyl adjacent to an activating group) is 1. The van der Waals surface area contributed by atoms with Crippen LogP contribution in [0.1, 0.15) is 20.8 Å². The molecule has 1 fully saturated rings. The van der Waals surface area contributed by atoms with Crippen molar-refractivity contribution in [2.75, 3.05) is 20.1 Å². The summed E-state index contributed by atoms with van der Waals surface area (Å²) in [6.07, 6.45) is 0. The van der Waals surface area contributed by atoms with Gasteiger partial charge in [0.05, 0.1) is 0 Å². The van der Waals surface area contributed by atoms with Gasteiger partial charge in [-0.25, -0.2) is 4.79 Å². The molecule has 0 aromatic carbocycles. The predicted molar refractivity (Wildman–Crippen MR) is 57.5 cm³/mol. The molecule has 1 heterocycles. The van der Waals surface area contributed by atoms with Gasteiger partial charge >= 0.3 is 6.03 Å². The third-order valence-electron chi connectivity index (χ3n) is 2.70. The van der Waals surface area contributed by atoms with Crippen molar-refractivity contribution >= 4 is 11.9 Å². The minimum atomic E-state index is -0.124. The average Bonchev–Trinajstić information content (AvgIpc) is 2.45. The van der Waals surface area contributed by atoms with Gasteiger partial charge in [0.1, 0.15) is 6.54 Å². The number of nitrogens with one attached hydrogen (secondary N) is 1. The Balaban J connectivity index is 2.66. The number of hydrogen-bond donors (Lipinski definition) is 1. The lowest BCUT2D eigenvalue weighted by atomic mass is 10.3. The molecule has 0 saturated carbocycles. The summed E-state index contributed by atoms with van der Waals surface area (Å²) in [6.45, 7) is 6.78. The molecule has 3 amide bonds. The second-order valence-corrected chi connectivity index (χ2v) is 4.18. The van der Waals surface area contributed by atoms with Gasteiger partial charge in [0.2, 0.25) is 5.91 Å². The standard InChI is InChI=1S/C10H19N3O2/c1-7(2)12-5-8(3)13(10(12)15)6-9(14)11-4/h7-8H,5-6H2,1-4H3,(H,11,14). The van der Waals surface area contributed by atoms with Crippen molar-refractivity contribution in [3.63, 3.8) is 0 Å². The van der Waals surface area contributed by atoms with Crippen LogP contribution in [0.3, 0.4) is 0 Å². The van der Waals surface area contributed by atoms with E-state index in [0.29, 0.717) is 6.54 Å². The Morgan fingerprint density at radius 3 is 2.60 bits per heavy atom. The molecule has 5 heteroatoms. The molecule has 0 bridgehead atoms. The topological polar surface area (TPSA) is 52.7 Å².